The first-order chi connectivity index (χ1) is 15.6. The molecule has 6 nitrogen and oxygen atoms in total. The van der Waals surface area contributed by atoms with Gasteiger partial charge < -0.3 is 10.1 Å². The Morgan fingerprint density at radius 3 is 2.47 bits per heavy atom. The number of nitrogens with zero attached hydrogens (tertiary/aromatic N) is 3. The Morgan fingerprint density at radius 2 is 1.81 bits per heavy atom. The van der Waals surface area contributed by atoms with Gasteiger partial charge in [0.15, 0.2) is 11.0 Å². The minimum atomic E-state index is -0.0775. The molecule has 0 aliphatic carbocycles. The van der Waals surface area contributed by atoms with Crippen LogP contribution in [0.3, 0.4) is 0 Å². The third kappa shape index (κ3) is 4.87. The SMILES string of the molecule is CCOc1ccc(-n2c(SCC(=O)Nc3c(C)cccc3C)nnc2-c2cccs2)cc1. The molecule has 0 radical (unpaired) electrons. The lowest BCUT2D eigenvalue weighted by Gasteiger charge is -2.12. The molecule has 0 aliphatic rings. The van der Waals surface area contributed by atoms with E-state index in [2.05, 4.69) is 15.5 Å². The summed E-state index contributed by atoms with van der Waals surface area (Å²) in [6.45, 7) is 6.56. The second-order valence-electron chi connectivity index (χ2n) is 7.15. The first-order valence-electron chi connectivity index (χ1n) is 10.3. The quantitative estimate of drug-likeness (QED) is 0.337. The lowest BCUT2D eigenvalue weighted by molar-refractivity contribution is -0.113. The van der Waals surface area contributed by atoms with Crippen molar-refractivity contribution in [2.24, 2.45) is 0 Å². The van der Waals surface area contributed by atoms with Crippen molar-refractivity contribution < 1.29 is 9.53 Å². The van der Waals surface area contributed by atoms with Gasteiger partial charge in [-0.15, -0.1) is 21.5 Å². The molecule has 2 aromatic carbocycles. The molecule has 0 unspecified atom stereocenters. The highest BCUT2D eigenvalue weighted by molar-refractivity contribution is 7.99. The Morgan fingerprint density at radius 1 is 1.06 bits per heavy atom. The standard InChI is InChI=1S/C24H24N4O2S2/c1-4-30-19-12-10-18(11-13-19)28-23(20-9-6-14-31-20)26-27-24(28)32-15-21(29)25-22-16(2)7-5-8-17(22)3/h5-14H,4,15H2,1-3H3,(H,25,29). The number of thiophene rings is 1. The van der Waals surface area contributed by atoms with Crippen molar-refractivity contribution in [3.63, 3.8) is 0 Å². The van der Waals surface area contributed by atoms with Crippen LogP contribution in [0.25, 0.3) is 16.4 Å². The number of amides is 1. The summed E-state index contributed by atoms with van der Waals surface area (Å²) < 4.78 is 7.55. The minimum absolute atomic E-state index is 0.0775. The van der Waals surface area contributed by atoms with Gasteiger partial charge in [0.1, 0.15) is 5.75 Å². The van der Waals surface area contributed by atoms with E-state index < -0.39 is 0 Å². The molecular formula is C24H24N4O2S2. The van der Waals surface area contributed by atoms with Crippen molar-refractivity contribution in [3.05, 3.63) is 71.1 Å². The van der Waals surface area contributed by atoms with Crippen LogP contribution in [-0.4, -0.2) is 33.0 Å². The third-order valence-electron chi connectivity index (χ3n) is 4.86. The molecule has 4 aromatic rings. The van der Waals surface area contributed by atoms with Crippen LogP contribution in [0.1, 0.15) is 18.1 Å². The first-order valence-corrected chi connectivity index (χ1v) is 12.1. The Kier molecular flexibility index (Phi) is 6.92. The van der Waals surface area contributed by atoms with Crippen molar-refractivity contribution in [3.8, 4) is 22.1 Å². The lowest BCUT2D eigenvalue weighted by Crippen LogP contribution is -2.16. The molecule has 8 heteroatoms. The summed E-state index contributed by atoms with van der Waals surface area (Å²) in [6.07, 6.45) is 0. The number of hydrogen-bond acceptors (Lipinski definition) is 6. The molecule has 0 fully saturated rings. The van der Waals surface area contributed by atoms with E-state index in [9.17, 15) is 4.79 Å². The van der Waals surface area contributed by atoms with Gasteiger partial charge in [0, 0.05) is 5.69 Å². The fraction of sp³-hybridized carbons (Fsp3) is 0.208. The summed E-state index contributed by atoms with van der Waals surface area (Å²) in [6, 6.07) is 17.8. The number of rotatable bonds is 8. The van der Waals surface area contributed by atoms with E-state index in [0.717, 1.165) is 39.0 Å². The number of para-hydroxylation sites is 1. The van der Waals surface area contributed by atoms with Crippen molar-refractivity contribution in [1.29, 1.82) is 0 Å². The van der Waals surface area contributed by atoms with Crippen LogP contribution in [0.4, 0.5) is 5.69 Å². The van der Waals surface area contributed by atoms with Crippen molar-refractivity contribution in [2.75, 3.05) is 17.7 Å². The van der Waals surface area contributed by atoms with Crippen LogP contribution in [-0.2, 0) is 4.79 Å². The summed E-state index contributed by atoms with van der Waals surface area (Å²) in [4.78, 5) is 13.7. The van der Waals surface area contributed by atoms with Gasteiger partial charge in [-0.05, 0) is 67.6 Å². The number of aromatic nitrogens is 3. The number of thioether (sulfide) groups is 1. The van der Waals surface area contributed by atoms with E-state index in [1.54, 1.807) is 11.3 Å². The fourth-order valence-corrected chi connectivity index (χ4v) is 4.79. The zero-order valence-corrected chi connectivity index (χ0v) is 19.8. The molecule has 2 heterocycles. The van der Waals surface area contributed by atoms with Gasteiger partial charge in [-0.3, -0.25) is 9.36 Å². The predicted octanol–water partition coefficient (Wildman–Crippen LogP) is 5.74. The van der Waals surface area contributed by atoms with Gasteiger partial charge in [0.25, 0.3) is 0 Å². The van der Waals surface area contributed by atoms with Gasteiger partial charge in [-0.1, -0.05) is 36.0 Å². The second-order valence-corrected chi connectivity index (χ2v) is 9.04. The molecule has 0 saturated carbocycles. The van der Waals surface area contributed by atoms with Crippen LogP contribution in [0.2, 0.25) is 0 Å². The number of nitrogens with one attached hydrogen (secondary N) is 1. The number of ether oxygens (including phenoxy) is 1. The van der Waals surface area contributed by atoms with E-state index in [4.69, 9.17) is 4.74 Å². The van der Waals surface area contributed by atoms with Gasteiger partial charge in [0.05, 0.1) is 22.9 Å². The molecule has 1 N–H and O–H groups in total. The lowest BCUT2D eigenvalue weighted by atomic mass is 10.1. The highest BCUT2D eigenvalue weighted by Gasteiger charge is 2.18. The van der Waals surface area contributed by atoms with Crippen LogP contribution < -0.4 is 10.1 Å². The number of carbonyl (C=O) groups is 1. The number of benzene rings is 2. The van der Waals surface area contributed by atoms with Gasteiger partial charge in [0.2, 0.25) is 5.91 Å². The smallest absolute Gasteiger partial charge is 0.234 e. The van der Waals surface area contributed by atoms with Gasteiger partial charge in [-0.2, -0.15) is 0 Å². The molecule has 2 aromatic heterocycles. The highest BCUT2D eigenvalue weighted by atomic mass is 32.2. The Hall–Kier alpha value is -3.10. The molecule has 164 valence electrons. The molecular weight excluding hydrogens is 440 g/mol. The number of anilines is 1. The van der Waals surface area contributed by atoms with E-state index in [-0.39, 0.29) is 11.7 Å². The van der Waals surface area contributed by atoms with Crippen LogP contribution in [0, 0.1) is 13.8 Å². The average Bonchev–Trinajstić information content (AvgIpc) is 3.45. The maximum atomic E-state index is 12.7. The molecule has 0 saturated heterocycles. The van der Waals surface area contributed by atoms with Crippen LogP contribution in [0.15, 0.2) is 65.1 Å². The summed E-state index contributed by atoms with van der Waals surface area (Å²) in [7, 11) is 0. The number of aryl methyl sites for hydroxylation is 2. The monoisotopic (exact) mass is 464 g/mol. The summed E-state index contributed by atoms with van der Waals surface area (Å²) in [5.41, 5.74) is 3.87. The number of carbonyl (C=O) groups excluding carboxylic acids is 1. The normalized spacial score (nSPS) is 10.8. The topological polar surface area (TPSA) is 69.0 Å². The zero-order valence-electron chi connectivity index (χ0n) is 18.2. The summed E-state index contributed by atoms with van der Waals surface area (Å²) >= 11 is 2.97. The van der Waals surface area contributed by atoms with Crippen LogP contribution >= 0.6 is 23.1 Å². The van der Waals surface area contributed by atoms with E-state index in [1.165, 1.54) is 11.8 Å². The molecule has 0 spiro atoms. The molecule has 4 rings (SSSR count). The average molecular weight is 465 g/mol. The maximum Gasteiger partial charge on any atom is 0.234 e. The molecule has 1 amide bonds. The van der Waals surface area contributed by atoms with E-state index >= 15 is 0 Å². The van der Waals surface area contributed by atoms with Crippen molar-refractivity contribution >= 4 is 34.7 Å². The maximum absolute atomic E-state index is 12.7. The Bertz CT molecular complexity index is 1180. The number of hydrogen-bond donors (Lipinski definition) is 1. The Balaban J connectivity index is 1.58. The molecule has 0 aliphatic heterocycles. The summed E-state index contributed by atoms with van der Waals surface area (Å²) in [5, 5.41) is 14.5. The molecule has 32 heavy (non-hydrogen) atoms. The fourth-order valence-electron chi connectivity index (χ4n) is 3.34. The predicted molar refractivity (Wildman–Crippen MR) is 131 cm³/mol. The minimum Gasteiger partial charge on any atom is -0.494 e. The first kappa shape index (κ1) is 22.1. The van der Waals surface area contributed by atoms with Gasteiger partial charge in [-0.25, -0.2) is 0 Å². The highest BCUT2D eigenvalue weighted by Crippen LogP contribution is 2.31. The molecule has 0 atom stereocenters. The summed E-state index contributed by atoms with van der Waals surface area (Å²) in [5.74, 6) is 1.71. The van der Waals surface area contributed by atoms with Crippen LogP contribution in [0.5, 0.6) is 5.75 Å². The van der Waals surface area contributed by atoms with Crippen molar-refractivity contribution in [1.82, 2.24) is 14.8 Å². The van der Waals surface area contributed by atoms with E-state index in [0.29, 0.717) is 11.8 Å². The largest absolute Gasteiger partial charge is 0.494 e. The Labute approximate surface area is 195 Å². The van der Waals surface area contributed by atoms with Crippen molar-refractivity contribution in [2.45, 2.75) is 25.9 Å². The van der Waals surface area contributed by atoms with E-state index in [1.807, 2.05) is 85.3 Å². The molecule has 0 bridgehead atoms. The third-order valence-corrected chi connectivity index (χ3v) is 6.65. The zero-order chi connectivity index (χ0) is 22.5. The second kappa shape index (κ2) is 10.0. The van der Waals surface area contributed by atoms with Gasteiger partial charge >= 0.3 is 0 Å².